The molecule has 0 atom stereocenters. The quantitative estimate of drug-likeness (QED) is 0.722. The van der Waals surface area contributed by atoms with Gasteiger partial charge in [0.2, 0.25) is 11.7 Å². The Morgan fingerprint density at radius 3 is 3.13 bits per heavy atom. The predicted molar refractivity (Wildman–Crippen MR) is 56.0 cm³/mol. The van der Waals surface area contributed by atoms with Gasteiger partial charge in [0.05, 0.1) is 11.4 Å². The van der Waals surface area contributed by atoms with E-state index >= 15 is 0 Å². The maximum Gasteiger partial charge on any atom is 0.241 e. The summed E-state index contributed by atoms with van der Waals surface area (Å²) in [6.07, 6.45) is 6.45. The summed E-state index contributed by atoms with van der Waals surface area (Å²) in [5.41, 5.74) is 6.66. The fourth-order valence-electron chi connectivity index (χ4n) is 1.38. The summed E-state index contributed by atoms with van der Waals surface area (Å²) in [5.74, 6) is 0.132. The van der Waals surface area contributed by atoms with Crippen molar-refractivity contribution in [1.82, 2.24) is 14.4 Å². The fourth-order valence-corrected chi connectivity index (χ4v) is 1.38. The number of hydrogen-bond acceptors (Lipinski definition) is 3. The van der Waals surface area contributed by atoms with Gasteiger partial charge in [0, 0.05) is 18.5 Å². The SMILES string of the molecule is Cc1nc2ncccn2c1/C=C\C(N)=O. The highest BCUT2D eigenvalue weighted by Gasteiger charge is 2.05. The van der Waals surface area contributed by atoms with E-state index in [0.29, 0.717) is 5.78 Å². The van der Waals surface area contributed by atoms with E-state index in [2.05, 4.69) is 9.97 Å². The van der Waals surface area contributed by atoms with Gasteiger partial charge in [0.1, 0.15) is 0 Å². The molecule has 0 unspecified atom stereocenters. The van der Waals surface area contributed by atoms with Crippen molar-refractivity contribution in [3.05, 3.63) is 35.9 Å². The molecule has 0 spiro atoms. The minimum Gasteiger partial charge on any atom is -0.366 e. The van der Waals surface area contributed by atoms with Gasteiger partial charge in [-0.3, -0.25) is 9.20 Å². The van der Waals surface area contributed by atoms with Gasteiger partial charge < -0.3 is 5.73 Å². The lowest BCUT2D eigenvalue weighted by molar-refractivity contribution is -0.113. The van der Waals surface area contributed by atoms with Gasteiger partial charge in [0.25, 0.3) is 0 Å². The molecular weight excluding hydrogens is 192 g/mol. The third-order valence-corrected chi connectivity index (χ3v) is 2.03. The van der Waals surface area contributed by atoms with Gasteiger partial charge in [-0.2, -0.15) is 0 Å². The van der Waals surface area contributed by atoms with Crippen LogP contribution >= 0.6 is 0 Å². The van der Waals surface area contributed by atoms with Crippen molar-refractivity contribution >= 4 is 17.8 Å². The summed E-state index contributed by atoms with van der Waals surface area (Å²) in [5, 5.41) is 0. The maximum absolute atomic E-state index is 10.6. The van der Waals surface area contributed by atoms with Gasteiger partial charge in [-0.25, -0.2) is 9.97 Å². The molecule has 0 saturated heterocycles. The van der Waals surface area contributed by atoms with Crippen LogP contribution in [0.5, 0.6) is 0 Å². The molecule has 0 aromatic carbocycles. The van der Waals surface area contributed by atoms with Crippen LogP contribution in [0, 0.1) is 6.92 Å². The summed E-state index contributed by atoms with van der Waals surface area (Å²) >= 11 is 0. The molecule has 2 aromatic heterocycles. The Morgan fingerprint density at radius 2 is 2.40 bits per heavy atom. The first-order chi connectivity index (χ1) is 7.18. The largest absolute Gasteiger partial charge is 0.366 e. The molecule has 2 heterocycles. The van der Waals surface area contributed by atoms with Gasteiger partial charge in [-0.05, 0) is 19.1 Å². The van der Waals surface area contributed by atoms with Gasteiger partial charge in [0.15, 0.2) is 0 Å². The Morgan fingerprint density at radius 1 is 1.60 bits per heavy atom. The third kappa shape index (κ3) is 1.71. The standard InChI is InChI=1S/C10H10N4O/c1-7-8(3-4-9(11)15)14-6-2-5-12-10(14)13-7/h2-6H,1H3,(H2,11,15)/b4-3-. The Balaban J connectivity index is 2.59. The van der Waals surface area contributed by atoms with Crippen LogP contribution in [0.1, 0.15) is 11.4 Å². The number of carbonyl (C=O) groups excluding carboxylic acids is 1. The molecule has 0 saturated carbocycles. The molecule has 0 aliphatic rings. The Labute approximate surface area is 86.3 Å². The Hall–Kier alpha value is -2.17. The van der Waals surface area contributed by atoms with E-state index in [1.54, 1.807) is 22.7 Å². The van der Waals surface area contributed by atoms with Crippen molar-refractivity contribution in [3.63, 3.8) is 0 Å². The Kier molecular flexibility index (Phi) is 2.21. The minimum atomic E-state index is -0.478. The molecule has 1 amide bonds. The second kappa shape index (κ2) is 3.53. The van der Waals surface area contributed by atoms with E-state index in [-0.39, 0.29) is 0 Å². The molecule has 2 N–H and O–H groups in total. The number of primary amides is 1. The number of aryl methyl sites for hydroxylation is 1. The van der Waals surface area contributed by atoms with Crippen molar-refractivity contribution in [3.8, 4) is 0 Å². The molecule has 0 aliphatic carbocycles. The van der Waals surface area contributed by atoms with E-state index in [1.165, 1.54) is 6.08 Å². The highest BCUT2D eigenvalue weighted by Crippen LogP contribution is 2.11. The number of hydrogen-bond donors (Lipinski definition) is 1. The molecular formula is C10H10N4O. The van der Waals surface area contributed by atoms with Gasteiger partial charge in [-0.15, -0.1) is 0 Å². The highest BCUT2D eigenvalue weighted by molar-refractivity contribution is 5.90. The van der Waals surface area contributed by atoms with E-state index < -0.39 is 5.91 Å². The summed E-state index contributed by atoms with van der Waals surface area (Å²) < 4.78 is 1.80. The number of fused-ring (bicyclic) bond motifs is 1. The summed E-state index contributed by atoms with van der Waals surface area (Å²) in [6.45, 7) is 1.86. The number of rotatable bonds is 2. The topological polar surface area (TPSA) is 73.3 Å². The number of imidazole rings is 1. The van der Waals surface area contributed by atoms with Crippen LogP contribution in [0.25, 0.3) is 11.9 Å². The summed E-state index contributed by atoms with van der Waals surface area (Å²) in [7, 11) is 0. The number of carbonyl (C=O) groups is 1. The lowest BCUT2D eigenvalue weighted by atomic mass is 10.3. The van der Waals surface area contributed by atoms with E-state index in [0.717, 1.165) is 11.4 Å². The first-order valence-corrected chi connectivity index (χ1v) is 4.45. The molecule has 2 aromatic rings. The monoisotopic (exact) mass is 202 g/mol. The van der Waals surface area contributed by atoms with Crippen molar-refractivity contribution in [2.75, 3.05) is 0 Å². The number of nitrogens with zero attached hydrogens (tertiary/aromatic N) is 3. The van der Waals surface area contributed by atoms with E-state index in [1.807, 2.05) is 13.1 Å². The second-order valence-corrected chi connectivity index (χ2v) is 3.11. The first kappa shape index (κ1) is 9.39. The normalized spacial score (nSPS) is 11.3. The van der Waals surface area contributed by atoms with Gasteiger partial charge >= 0.3 is 0 Å². The zero-order valence-corrected chi connectivity index (χ0v) is 8.21. The smallest absolute Gasteiger partial charge is 0.241 e. The van der Waals surface area contributed by atoms with Crippen LogP contribution in [0.4, 0.5) is 0 Å². The number of amides is 1. The second-order valence-electron chi connectivity index (χ2n) is 3.11. The van der Waals surface area contributed by atoms with Crippen LogP contribution in [0.15, 0.2) is 24.5 Å². The van der Waals surface area contributed by atoms with E-state index in [9.17, 15) is 4.79 Å². The lowest BCUT2D eigenvalue weighted by Crippen LogP contribution is -2.05. The maximum atomic E-state index is 10.6. The Bertz CT molecular complexity index is 541. The average Bonchev–Trinajstić information content (AvgIpc) is 2.50. The molecule has 0 aliphatic heterocycles. The zero-order valence-electron chi connectivity index (χ0n) is 8.21. The highest BCUT2D eigenvalue weighted by atomic mass is 16.1. The molecule has 0 fully saturated rings. The zero-order chi connectivity index (χ0) is 10.8. The molecule has 0 radical (unpaired) electrons. The lowest BCUT2D eigenvalue weighted by Gasteiger charge is -1.94. The van der Waals surface area contributed by atoms with E-state index in [4.69, 9.17) is 5.73 Å². The van der Waals surface area contributed by atoms with Crippen molar-refractivity contribution in [2.24, 2.45) is 5.73 Å². The van der Waals surface area contributed by atoms with Gasteiger partial charge in [-0.1, -0.05) is 0 Å². The molecule has 5 nitrogen and oxygen atoms in total. The van der Waals surface area contributed by atoms with Crippen molar-refractivity contribution in [1.29, 1.82) is 0 Å². The summed E-state index contributed by atoms with van der Waals surface area (Å²) in [6, 6.07) is 1.80. The van der Waals surface area contributed by atoms with Crippen LogP contribution < -0.4 is 5.73 Å². The predicted octanol–water partition coefficient (Wildman–Crippen LogP) is 0.536. The van der Waals surface area contributed by atoms with Crippen LogP contribution in [-0.2, 0) is 4.79 Å². The molecule has 5 heteroatoms. The first-order valence-electron chi connectivity index (χ1n) is 4.45. The number of aromatic nitrogens is 3. The van der Waals surface area contributed by atoms with Crippen LogP contribution in [0.2, 0.25) is 0 Å². The molecule has 15 heavy (non-hydrogen) atoms. The molecule has 0 bridgehead atoms. The molecule has 2 rings (SSSR count). The van der Waals surface area contributed by atoms with Crippen molar-refractivity contribution in [2.45, 2.75) is 6.92 Å². The molecule has 76 valence electrons. The third-order valence-electron chi connectivity index (χ3n) is 2.03. The number of nitrogens with two attached hydrogens (primary N) is 1. The summed E-state index contributed by atoms with van der Waals surface area (Å²) in [4.78, 5) is 19.0. The van der Waals surface area contributed by atoms with Crippen LogP contribution in [0.3, 0.4) is 0 Å². The van der Waals surface area contributed by atoms with Crippen molar-refractivity contribution < 1.29 is 4.79 Å². The minimum absolute atomic E-state index is 0.478. The van der Waals surface area contributed by atoms with Crippen LogP contribution in [-0.4, -0.2) is 20.3 Å². The average molecular weight is 202 g/mol. The fraction of sp³-hybridized carbons (Fsp3) is 0.100.